The summed E-state index contributed by atoms with van der Waals surface area (Å²) in [5.74, 6) is -2.35. The number of nitrogen functional groups attached to an aromatic ring is 1. The molecular formula is C16H11ClF2N4OS. The van der Waals surface area contributed by atoms with Crippen molar-refractivity contribution in [2.24, 2.45) is 5.73 Å². The van der Waals surface area contributed by atoms with Gasteiger partial charge in [-0.3, -0.25) is 5.41 Å². The molecule has 0 saturated heterocycles. The van der Waals surface area contributed by atoms with Crippen LogP contribution in [0.5, 0.6) is 5.75 Å². The molecule has 0 aliphatic rings. The Hall–Kier alpha value is -2.58. The van der Waals surface area contributed by atoms with E-state index in [0.717, 1.165) is 29.2 Å². The van der Waals surface area contributed by atoms with Gasteiger partial charge in [0.25, 0.3) is 0 Å². The van der Waals surface area contributed by atoms with Gasteiger partial charge in [0.1, 0.15) is 18.3 Å². The second kappa shape index (κ2) is 7.12. The number of halogens is 3. The van der Waals surface area contributed by atoms with Gasteiger partial charge in [-0.15, -0.1) is 0 Å². The number of ether oxygens (including phenoxy) is 1. The van der Waals surface area contributed by atoms with Crippen molar-refractivity contribution >= 4 is 29.0 Å². The lowest BCUT2D eigenvalue weighted by atomic mass is 10.1. The topological polar surface area (TPSA) is 84.9 Å². The van der Waals surface area contributed by atoms with Gasteiger partial charge >= 0.3 is 0 Å². The summed E-state index contributed by atoms with van der Waals surface area (Å²) in [5.41, 5.74) is 5.36. The molecule has 0 aliphatic heterocycles. The van der Waals surface area contributed by atoms with Crippen LogP contribution in [0.2, 0.25) is 5.02 Å². The molecule has 3 N–H and O–H groups in total. The van der Waals surface area contributed by atoms with E-state index in [1.165, 1.54) is 0 Å². The molecule has 3 aromatic rings. The fourth-order valence-corrected chi connectivity index (χ4v) is 2.76. The Kier molecular flexibility index (Phi) is 4.91. The molecule has 0 radical (unpaired) electrons. The van der Waals surface area contributed by atoms with Crippen LogP contribution in [0.3, 0.4) is 0 Å². The average molecular weight is 381 g/mol. The van der Waals surface area contributed by atoms with E-state index in [4.69, 9.17) is 27.5 Å². The van der Waals surface area contributed by atoms with Crippen molar-refractivity contribution in [1.82, 2.24) is 9.36 Å². The second-order valence-corrected chi connectivity index (χ2v) is 6.23. The van der Waals surface area contributed by atoms with Crippen LogP contribution in [-0.2, 0) is 6.61 Å². The van der Waals surface area contributed by atoms with Crippen molar-refractivity contribution in [3.05, 3.63) is 63.6 Å². The van der Waals surface area contributed by atoms with Crippen LogP contribution in [0, 0.1) is 17.0 Å². The van der Waals surface area contributed by atoms with Crippen LogP contribution in [0.1, 0.15) is 10.6 Å². The number of nitrogens with one attached hydrogen (secondary N) is 1. The quantitative estimate of drug-likeness (QED) is 0.517. The first-order chi connectivity index (χ1) is 12.0. The number of hydrogen-bond acceptors (Lipinski definition) is 5. The first-order valence-corrected chi connectivity index (χ1v) is 8.14. The molecule has 0 atom stereocenters. The van der Waals surface area contributed by atoms with Gasteiger partial charge < -0.3 is 10.5 Å². The standard InChI is InChI=1S/C16H11ClF2N4OS/c17-9-3-1-8(2-4-9)16-22-12(25-23-16)7-24-11-6-5-10(18)13(14(11)19)15(20)21/h1-6H,7H2,(H3,20,21). The molecule has 0 bridgehead atoms. The van der Waals surface area contributed by atoms with Gasteiger partial charge in [-0.05, 0) is 47.9 Å². The van der Waals surface area contributed by atoms with Crippen molar-refractivity contribution in [2.45, 2.75) is 6.61 Å². The number of rotatable bonds is 5. The van der Waals surface area contributed by atoms with Gasteiger partial charge in [0, 0.05) is 10.6 Å². The maximum absolute atomic E-state index is 14.2. The summed E-state index contributed by atoms with van der Waals surface area (Å²) in [4.78, 5) is 4.31. The van der Waals surface area contributed by atoms with Crippen molar-refractivity contribution in [2.75, 3.05) is 0 Å². The van der Waals surface area contributed by atoms with E-state index in [1.807, 2.05) is 0 Å². The van der Waals surface area contributed by atoms with E-state index in [0.29, 0.717) is 15.9 Å². The summed E-state index contributed by atoms with van der Waals surface area (Å²) in [6.45, 7) is -0.0504. The van der Waals surface area contributed by atoms with E-state index in [9.17, 15) is 8.78 Å². The maximum atomic E-state index is 14.2. The molecular weight excluding hydrogens is 370 g/mol. The van der Waals surface area contributed by atoms with Crippen molar-refractivity contribution in [1.29, 1.82) is 5.41 Å². The largest absolute Gasteiger partial charge is 0.483 e. The average Bonchev–Trinajstić information content (AvgIpc) is 3.03. The van der Waals surface area contributed by atoms with Crippen LogP contribution in [0.25, 0.3) is 11.4 Å². The maximum Gasteiger partial charge on any atom is 0.178 e. The third-order valence-corrected chi connectivity index (χ3v) is 4.18. The normalized spacial score (nSPS) is 10.7. The van der Waals surface area contributed by atoms with E-state index < -0.39 is 23.0 Å². The molecule has 0 saturated carbocycles. The summed E-state index contributed by atoms with van der Waals surface area (Å²) in [6, 6.07) is 9.16. The summed E-state index contributed by atoms with van der Waals surface area (Å²) in [7, 11) is 0. The Labute approximate surface area is 150 Å². The van der Waals surface area contributed by atoms with Gasteiger partial charge in [0.2, 0.25) is 0 Å². The molecule has 3 rings (SSSR count). The Balaban J connectivity index is 1.76. The summed E-state index contributed by atoms with van der Waals surface area (Å²) < 4.78 is 37.2. The first-order valence-electron chi connectivity index (χ1n) is 6.99. The smallest absolute Gasteiger partial charge is 0.178 e. The summed E-state index contributed by atoms with van der Waals surface area (Å²) in [6.07, 6.45) is 0. The number of nitrogens with zero attached hydrogens (tertiary/aromatic N) is 2. The molecule has 5 nitrogen and oxygen atoms in total. The molecule has 9 heteroatoms. The fourth-order valence-electron chi connectivity index (χ4n) is 2.06. The van der Waals surface area contributed by atoms with Crippen LogP contribution < -0.4 is 10.5 Å². The lowest BCUT2D eigenvalue weighted by Crippen LogP contribution is -2.16. The van der Waals surface area contributed by atoms with Crippen molar-refractivity contribution in [3.8, 4) is 17.1 Å². The van der Waals surface area contributed by atoms with E-state index in [-0.39, 0.29) is 12.4 Å². The summed E-state index contributed by atoms with van der Waals surface area (Å²) >= 11 is 6.94. The molecule has 25 heavy (non-hydrogen) atoms. The monoisotopic (exact) mass is 380 g/mol. The third kappa shape index (κ3) is 3.75. The highest BCUT2D eigenvalue weighted by Gasteiger charge is 2.17. The molecule has 0 fully saturated rings. The van der Waals surface area contributed by atoms with Gasteiger partial charge in [-0.2, -0.15) is 4.37 Å². The van der Waals surface area contributed by atoms with Gasteiger partial charge in [0.05, 0.1) is 5.56 Å². The number of benzene rings is 2. The third-order valence-electron chi connectivity index (χ3n) is 3.25. The minimum Gasteiger partial charge on any atom is -0.483 e. The van der Waals surface area contributed by atoms with E-state index >= 15 is 0 Å². The molecule has 2 aromatic carbocycles. The number of amidine groups is 1. The van der Waals surface area contributed by atoms with Crippen molar-refractivity contribution < 1.29 is 13.5 Å². The zero-order chi connectivity index (χ0) is 18.0. The molecule has 0 aliphatic carbocycles. The SMILES string of the molecule is N=C(N)c1c(F)ccc(OCc2nc(-c3ccc(Cl)cc3)ns2)c1F. The lowest BCUT2D eigenvalue weighted by molar-refractivity contribution is 0.288. The molecule has 1 aromatic heterocycles. The second-order valence-electron chi connectivity index (χ2n) is 4.96. The lowest BCUT2D eigenvalue weighted by Gasteiger charge is -2.09. The highest BCUT2D eigenvalue weighted by Crippen LogP contribution is 2.25. The highest BCUT2D eigenvalue weighted by atomic mass is 35.5. The Morgan fingerprint density at radius 1 is 1.20 bits per heavy atom. The number of aromatic nitrogens is 2. The van der Waals surface area contributed by atoms with E-state index in [2.05, 4.69) is 9.36 Å². The first kappa shape index (κ1) is 17.2. The van der Waals surface area contributed by atoms with Crippen molar-refractivity contribution in [3.63, 3.8) is 0 Å². The summed E-state index contributed by atoms with van der Waals surface area (Å²) in [5, 5.41) is 8.36. The molecule has 1 heterocycles. The zero-order valence-electron chi connectivity index (χ0n) is 12.6. The van der Waals surface area contributed by atoms with Crippen LogP contribution in [0.15, 0.2) is 36.4 Å². The van der Waals surface area contributed by atoms with Gasteiger partial charge in [0.15, 0.2) is 22.4 Å². The van der Waals surface area contributed by atoms with Crippen LogP contribution in [0.4, 0.5) is 8.78 Å². The minimum absolute atomic E-state index is 0.0504. The molecule has 0 amide bonds. The van der Waals surface area contributed by atoms with Gasteiger partial charge in [-0.25, -0.2) is 13.8 Å². The van der Waals surface area contributed by atoms with Gasteiger partial charge in [-0.1, -0.05) is 11.6 Å². The molecule has 0 unspecified atom stereocenters. The Morgan fingerprint density at radius 3 is 2.60 bits per heavy atom. The Morgan fingerprint density at radius 2 is 1.92 bits per heavy atom. The molecule has 128 valence electrons. The predicted molar refractivity (Wildman–Crippen MR) is 92.1 cm³/mol. The minimum atomic E-state index is -1.02. The fraction of sp³-hybridized carbons (Fsp3) is 0.0625. The molecule has 0 spiro atoms. The highest BCUT2D eigenvalue weighted by molar-refractivity contribution is 7.05. The number of nitrogens with two attached hydrogens (primary N) is 1. The predicted octanol–water partition coefficient (Wildman–Crippen LogP) is 4.00. The Bertz CT molecular complexity index is 930. The van der Waals surface area contributed by atoms with E-state index in [1.54, 1.807) is 24.3 Å². The van der Waals surface area contributed by atoms with Crippen LogP contribution in [-0.4, -0.2) is 15.2 Å². The van der Waals surface area contributed by atoms with Crippen LogP contribution >= 0.6 is 23.1 Å². The zero-order valence-corrected chi connectivity index (χ0v) is 14.2. The number of hydrogen-bond donors (Lipinski definition) is 2.